The molecular formula is C15H11F3N4O2. The lowest BCUT2D eigenvalue weighted by Gasteiger charge is -2.20. The maximum absolute atomic E-state index is 13.2. The second-order valence-corrected chi connectivity index (χ2v) is 4.76. The summed E-state index contributed by atoms with van der Waals surface area (Å²) >= 11 is 0. The van der Waals surface area contributed by atoms with Gasteiger partial charge in [-0.1, -0.05) is 35.5 Å². The van der Waals surface area contributed by atoms with E-state index in [1.54, 1.807) is 18.2 Å². The summed E-state index contributed by atoms with van der Waals surface area (Å²) in [4.78, 5) is 3.96. The Bertz CT molecular complexity index is 778. The van der Waals surface area contributed by atoms with E-state index >= 15 is 0 Å². The number of benzene rings is 1. The molecule has 0 saturated carbocycles. The third-order valence-corrected chi connectivity index (χ3v) is 3.04. The summed E-state index contributed by atoms with van der Waals surface area (Å²) in [6.07, 6.45) is -5.16. The molecule has 0 N–H and O–H groups in total. The standard InChI is InChI=1S/C15H11F3N4O2/c16-15(17,18)13(10-5-2-1-3-6-10)23-9-12-20-14(22-24-12)11-7-4-8-19-21-11/h1-8,13H,9H2/t13-/m1/s1. The molecule has 0 aliphatic carbocycles. The first-order chi connectivity index (χ1) is 11.5. The molecule has 1 aromatic carbocycles. The highest BCUT2D eigenvalue weighted by Crippen LogP contribution is 2.36. The first-order valence-electron chi connectivity index (χ1n) is 6.88. The van der Waals surface area contributed by atoms with Gasteiger partial charge in [-0.25, -0.2) is 0 Å². The van der Waals surface area contributed by atoms with Crippen molar-refractivity contribution < 1.29 is 22.4 Å². The molecular weight excluding hydrogens is 325 g/mol. The van der Waals surface area contributed by atoms with Crippen LogP contribution < -0.4 is 0 Å². The van der Waals surface area contributed by atoms with Crippen LogP contribution in [0.15, 0.2) is 53.2 Å². The molecule has 9 heteroatoms. The van der Waals surface area contributed by atoms with Crippen molar-refractivity contribution in [2.24, 2.45) is 0 Å². The summed E-state index contributed by atoms with van der Waals surface area (Å²) in [6.45, 7) is -0.480. The number of aromatic nitrogens is 4. The minimum atomic E-state index is -4.56. The number of halogens is 3. The van der Waals surface area contributed by atoms with Gasteiger partial charge in [-0.2, -0.15) is 23.3 Å². The Balaban J connectivity index is 1.73. The van der Waals surface area contributed by atoms with Crippen LogP contribution in [0.25, 0.3) is 11.5 Å². The molecule has 2 heterocycles. The predicted octanol–water partition coefficient (Wildman–Crippen LogP) is 3.35. The molecule has 6 nitrogen and oxygen atoms in total. The minimum absolute atomic E-state index is 0.00124. The van der Waals surface area contributed by atoms with E-state index in [4.69, 9.17) is 9.26 Å². The second-order valence-electron chi connectivity index (χ2n) is 4.76. The van der Waals surface area contributed by atoms with Crippen molar-refractivity contribution in [2.45, 2.75) is 18.9 Å². The zero-order valence-electron chi connectivity index (χ0n) is 12.1. The van der Waals surface area contributed by atoms with Crippen molar-refractivity contribution >= 4 is 0 Å². The Morgan fingerprint density at radius 2 is 1.88 bits per heavy atom. The van der Waals surface area contributed by atoms with E-state index < -0.39 is 18.9 Å². The number of ether oxygens (including phenoxy) is 1. The molecule has 0 amide bonds. The Hall–Kier alpha value is -2.81. The van der Waals surface area contributed by atoms with Crippen molar-refractivity contribution in [3.8, 4) is 11.5 Å². The van der Waals surface area contributed by atoms with E-state index in [2.05, 4.69) is 20.3 Å². The number of hydrogen-bond donors (Lipinski definition) is 0. The first-order valence-corrected chi connectivity index (χ1v) is 6.88. The van der Waals surface area contributed by atoms with Gasteiger partial charge in [0.15, 0.2) is 6.10 Å². The van der Waals surface area contributed by atoms with Crippen molar-refractivity contribution in [1.82, 2.24) is 20.3 Å². The van der Waals surface area contributed by atoms with Crippen molar-refractivity contribution in [3.63, 3.8) is 0 Å². The Morgan fingerprint density at radius 1 is 1.08 bits per heavy atom. The number of nitrogens with zero attached hydrogens (tertiary/aromatic N) is 4. The molecule has 1 atom stereocenters. The van der Waals surface area contributed by atoms with E-state index in [9.17, 15) is 13.2 Å². The summed E-state index contributed by atoms with van der Waals surface area (Å²) in [7, 11) is 0. The minimum Gasteiger partial charge on any atom is -0.354 e. The summed E-state index contributed by atoms with van der Waals surface area (Å²) < 4.78 is 49.4. The lowest BCUT2D eigenvalue weighted by Crippen LogP contribution is -2.23. The van der Waals surface area contributed by atoms with Gasteiger partial charge in [-0.15, -0.1) is 5.10 Å². The molecule has 0 bridgehead atoms. The van der Waals surface area contributed by atoms with Crippen LogP contribution in [0.1, 0.15) is 17.6 Å². The monoisotopic (exact) mass is 336 g/mol. The van der Waals surface area contributed by atoms with Crippen LogP contribution in [-0.2, 0) is 11.3 Å². The summed E-state index contributed by atoms with van der Waals surface area (Å²) in [5.74, 6) is 0.0470. The number of rotatable bonds is 5. The van der Waals surface area contributed by atoms with Gasteiger partial charge in [0.2, 0.25) is 5.82 Å². The fourth-order valence-corrected chi connectivity index (χ4v) is 2.00. The summed E-state index contributed by atoms with van der Waals surface area (Å²) in [5, 5.41) is 11.1. The lowest BCUT2D eigenvalue weighted by molar-refractivity contribution is -0.228. The quantitative estimate of drug-likeness (QED) is 0.711. The molecule has 0 fully saturated rings. The van der Waals surface area contributed by atoms with Crippen LogP contribution >= 0.6 is 0 Å². The van der Waals surface area contributed by atoms with Crippen molar-refractivity contribution in [1.29, 1.82) is 0 Å². The van der Waals surface area contributed by atoms with Crippen molar-refractivity contribution in [3.05, 3.63) is 60.1 Å². The molecule has 124 valence electrons. The van der Waals surface area contributed by atoms with Gasteiger partial charge >= 0.3 is 6.18 Å². The van der Waals surface area contributed by atoms with Gasteiger partial charge in [0.1, 0.15) is 12.3 Å². The smallest absolute Gasteiger partial charge is 0.354 e. The Morgan fingerprint density at radius 3 is 2.54 bits per heavy atom. The van der Waals surface area contributed by atoms with Gasteiger partial charge in [0.25, 0.3) is 5.89 Å². The Labute approximate surface area is 134 Å². The van der Waals surface area contributed by atoms with Gasteiger partial charge in [-0.05, 0) is 17.7 Å². The summed E-state index contributed by atoms with van der Waals surface area (Å²) in [5.41, 5.74) is 0.349. The van der Waals surface area contributed by atoms with Gasteiger partial charge in [0, 0.05) is 6.20 Å². The third-order valence-electron chi connectivity index (χ3n) is 3.04. The first kappa shape index (κ1) is 16.1. The highest BCUT2D eigenvalue weighted by Gasteiger charge is 2.42. The fraction of sp³-hybridized carbons (Fsp3) is 0.200. The molecule has 24 heavy (non-hydrogen) atoms. The molecule has 0 saturated heterocycles. The van der Waals surface area contributed by atoms with Crippen LogP contribution in [-0.4, -0.2) is 26.5 Å². The van der Waals surface area contributed by atoms with E-state index in [1.165, 1.54) is 30.5 Å². The summed E-state index contributed by atoms with van der Waals surface area (Å²) in [6, 6.07) is 10.6. The van der Waals surface area contributed by atoms with Crippen molar-refractivity contribution in [2.75, 3.05) is 0 Å². The molecule has 0 unspecified atom stereocenters. The lowest BCUT2D eigenvalue weighted by atomic mass is 10.1. The molecule has 0 aliphatic heterocycles. The van der Waals surface area contributed by atoms with Gasteiger partial charge < -0.3 is 9.26 Å². The normalized spacial score (nSPS) is 13.0. The fourth-order valence-electron chi connectivity index (χ4n) is 2.00. The maximum atomic E-state index is 13.2. The Kier molecular flexibility index (Phi) is 4.52. The molecule has 3 rings (SSSR count). The van der Waals surface area contributed by atoms with E-state index in [0.717, 1.165) is 0 Å². The van der Waals surface area contributed by atoms with Crippen LogP contribution in [0.5, 0.6) is 0 Å². The SMILES string of the molecule is FC(F)(F)[C@H](OCc1nc(-c2cccnn2)no1)c1ccccc1. The molecule has 2 aromatic heterocycles. The molecule has 0 aliphatic rings. The van der Waals surface area contributed by atoms with Crippen LogP contribution in [0.2, 0.25) is 0 Å². The van der Waals surface area contributed by atoms with Crippen LogP contribution in [0.4, 0.5) is 13.2 Å². The van der Waals surface area contributed by atoms with E-state index in [-0.39, 0.29) is 17.3 Å². The van der Waals surface area contributed by atoms with E-state index in [1.807, 2.05) is 0 Å². The topological polar surface area (TPSA) is 73.9 Å². The van der Waals surface area contributed by atoms with Crippen LogP contribution in [0, 0.1) is 0 Å². The van der Waals surface area contributed by atoms with Gasteiger partial charge in [-0.3, -0.25) is 0 Å². The zero-order valence-corrected chi connectivity index (χ0v) is 12.1. The zero-order chi connectivity index (χ0) is 17.0. The van der Waals surface area contributed by atoms with Gasteiger partial charge in [0.05, 0.1) is 0 Å². The maximum Gasteiger partial charge on any atom is 0.418 e. The number of hydrogen-bond acceptors (Lipinski definition) is 6. The molecule has 0 spiro atoms. The number of alkyl halides is 3. The predicted molar refractivity (Wildman–Crippen MR) is 75.4 cm³/mol. The highest BCUT2D eigenvalue weighted by atomic mass is 19.4. The molecule has 0 radical (unpaired) electrons. The highest BCUT2D eigenvalue weighted by molar-refractivity contribution is 5.46. The van der Waals surface area contributed by atoms with Crippen LogP contribution in [0.3, 0.4) is 0 Å². The largest absolute Gasteiger partial charge is 0.418 e. The molecule has 3 aromatic rings. The third kappa shape index (κ3) is 3.74. The average Bonchev–Trinajstić information content (AvgIpc) is 3.05. The average molecular weight is 336 g/mol. The second kappa shape index (κ2) is 6.75. The van der Waals surface area contributed by atoms with E-state index in [0.29, 0.717) is 5.69 Å².